The Kier molecular flexibility index (Phi) is 5.59. The zero-order valence-electron chi connectivity index (χ0n) is 17.9. The van der Waals surface area contributed by atoms with Crippen molar-refractivity contribution in [3.05, 3.63) is 64.3 Å². The third-order valence-electron chi connectivity index (χ3n) is 5.93. The van der Waals surface area contributed by atoms with Gasteiger partial charge in [0, 0.05) is 17.4 Å². The van der Waals surface area contributed by atoms with E-state index in [4.69, 9.17) is 19.2 Å². The molecule has 0 fully saturated rings. The van der Waals surface area contributed by atoms with Gasteiger partial charge >= 0.3 is 5.97 Å². The highest BCUT2D eigenvalue weighted by atomic mass is 16.5. The summed E-state index contributed by atoms with van der Waals surface area (Å²) in [5.41, 5.74) is 5.73. The molecule has 6 nitrogen and oxygen atoms in total. The summed E-state index contributed by atoms with van der Waals surface area (Å²) in [6, 6.07) is 12.1. The standard InChI is InChI=1S/C24H26N2O4/c1-15-18-7-5-6-8-19(18)25-20(23(15)24(27)30-4)14-26-10-9-16-11-21(28-2)22(29-3)12-17(16)13-26/h5-8,11-12H,9-10,13-14H2,1-4H3/p+1. The largest absolute Gasteiger partial charge is 0.493 e. The van der Waals surface area contributed by atoms with Gasteiger partial charge in [-0.1, -0.05) is 18.2 Å². The molecule has 1 aliphatic heterocycles. The number of pyridine rings is 1. The van der Waals surface area contributed by atoms with Crippen molar-refractivity contribution in [2.75, 3.05) is 27.9 Å². The molecule has 0 saturated heterocycles. The number of carbonyl (C=O) groups excluding carboxylic acids is 1. The second-order valence-electron chi connectivity index (χ2n) is 7.65. The number of rotatable bonds is 5. The van der Waals surface area contributed by atoms with Crippen molar-refractivity contribution < 1.29 is 23.9 Å². The number of aromatic nitrogens is 1. The summed E-state index contributed by atoms with van der Waals surface area (Å²) >= 11 is 0. The molecule has 2 heterocycles. The van der Waals surface area contributed by atoms with Gasteiger partial charge < -0.3 is 19.1 Å². The predicted octanol–water partition coefficient (Wildman–Crippen LogP) is 2.49. The van der Waals surface area contributed by atoms with E-state index in [1.165, 1.54) is 23.1 Å². The Morgan fingerprint density at radius 1 is 1.07 bits per heavy atom. The lowest BCUT2D eigenvalue weighted by Gasteiger charge is -2.27. The SMILES string of the molecule is COC(=O)c1c(C[NH+]2CCc3cc(OC)c(OC)cc3C2)nc2ccccc2c1C. The molecule has 1 atom stereocenters. The fourth-order valence-electron chi connectivity index (χ4n) is 4.36. The molecule has 0 saturated carbocycles. The minimum atomic E-state index is -0.330. The number of para-hydroxylation sites is 1. The molecule has 0 bridgehead atoms. The Morgan fingerprint density at radius 2 is 1.77 bits per heavy atom. The van der Waals surface area contributed by atoms with Crippen molar-refractivity contribution in [3.8, 4) is 11.5 Å². The maximum absolute atomic E-state index is 12.6. The van der Waals surface area contributed by atoms with Crippen LogP contribution in [0.15, 0.2) is 36.4 Å². The van der Waals surface area contributed by atoms with Gasteiger partial charge in [-0.3, -0.25) is 0 Å². The van der Waals surface area contributed by atoms with E-state index in [-0.39, 0.29) is 5.97 Å². The number of fused-ring (bicyclic) bond motifs is 2. The van der Waals surface area contributed by atoms with Gasteiger partial charge in [-0.15, -0.1) is 0 Å². The van der Waals surface area contributed by atoms with Crippen molar-refractivity contribution >= 4 is 16.9 Å². The zero-order chi connectivity index (χ0) is 21.3. The molecule has 6 heteroatoms. The lowest BCUT2D eigenvalue weighted by molar-refractivity contribution is -0.929. The van der Waals surface area contributed by atoms with Crippen molar-refractivity contribution in [1.29, 1.82) is 0 Å². The highest BCUT2D eigenvalue weighted by molar-refractivity contribution is 5.98. The van der Waals surface area contributed by atoms with Crippen LogP contribution in [0.25, 0.3) is 10.9 Å². The number of methoxy groups -OCH3 is 3. The minimum Gasteiger partial charge on any atom is -0.493 e. The van der Waals surface area contributed by atoms with Crippen LogP contribution in [0, 0.1) is 6.92 Å². The number of esters is 1. The Labute approximate surface area is 176 Å². The lowest BCUT2D eigenvalue weighted by atomic mass is 9.97. The van der Waals surface area contributed by atoms with Gasteiger partial charge in [-0.25, -0.2) is 9.78 Å². The molecule has 1 N–H and O–H groups in total. The molecule has 2 aromatic carbocycles. The van der Waals surface area contributed by atoms with Crippen LogP contribution in [0.3, 0.4) is 0 Å². The highest BCUT2D eigenvalue weighted by Gasteiger charge is 2.26. The number of benzene rings is 2. The van der Waals surface area contributed by atoms with Crippen LogP contribution in [-0.4, -0.2) is 38.8 Å². The van der Waals surface area contributed by atoms with E-state index in [2.05, 4.69) is 12.1 Å². The van der Waals surface area contributed by atoms with E-state index in [1.807, 2.05) is 31.2 Å². The molecule has 1 unspecified atom stereocenters. The van der Waals surface area contributed by atoms with Crippen LogP contribution < -0.4 is 14.4 Å². The molecule has 4 rings (SSSR count). The summed E-state index contributed by atoms with van der Waals surface area (Å²) in [7, 11) is 4.74. The molecular weight excluding hydrogens is 380 g/mol. The fourth-order valence-corrected chi connectivity index (χ4v) is 4.36. The van der Waals surface area contributed by atoms with Crippen molar-refractivity contribution in [1.82, 2.24) is 4.98 Å². The monoisotopic (exact) mass is 407 g/mol. The van der Waals surface area contributed by atoms with Gasteiger partial charge in [-0.05, 0) is 36.2 Å². The van der Waals surface area contributed by atoms with Gasteiger partial charge in [0.25, 0.3) is 0 Å². The van der Waals surface area contributed by atoms with Crippen LogP contribution >= 0.6 is 0 Å². The highest BCUT2D eigenvalue weighted by Crippen LogP contribution is 2.31. The molecule has 0 amide bonds. The van der Waals surface area contributed by atoms with E-state index < -0.39 is 0 Å². The maximum atomic E-state index is 12.6. The molecular formula is C24H27N2O4+. The smallest absolute Gasteiger partial charge is 0.340 e. The third-order valence-corrected chi connectivity index (χ3v) is 5.93. The van der Waals surface area contributed by atoms with E-state index in [1.54, 1.807) is 14.2 Å². The number of quaternary nitrogens is 1. The molecule has 30 heavy (non-hydrogen) atoms. The number of nitrogens with zero attached hydrogens (tertiary/aromatic N) is 1. The molecule has 0 aliphatic carbocycles. The van der Waals surface area contributed by atoms with Crippen molar-refractivity contribution in [2.45, 2.75) is 26.4 Å². The Bertz CT molecular complexity index is 1110. The maximum Gasteiger partial charge on any atom is 0.340 e. The van der Waals surface area contributed by atoms with E-state index in [9.17, 15) is 4.79 Å². The summed E-state index contributed by atoms with van der Waals surface area (Å²) in [6.45, 7) is 4.42. The minimum absolute atomic E-state index is 0.330. The van der Waals surface area contributed by atoms with Gasteiger partial charge in [0.15, 0.2) is 11.5 Å². The summed E-state index contributed by atoms with van der Waals surface area (Å²) in [5, 5.41) is 0.984. The summed E-state index contributed by atoms with van der Waals surface area (Å²) < 4.78 is 16.0. The number of nitrogens with one attached hydrogen (secondary N) is 1. The van der Waals surface area contributed by atoms with Crippen LogP contribution in [0.4, 0.5) is 0 Å². The first-order chi connectivity index (χ1) is 14.5. The van der Waals surface area contributed by atoms with Crippen LogP contribution in [0.2, 0.25) is 0 Å². The molecule has 3 aromatic rings. The molecule has 0 spiro atoms. The quantitative estimate of drug-likeness (QED) is 0.659. The Morgan fingerprint density at radius 3 is 2.47 bits per heavy atom. The van der Waals surface area contributed by atoms with Crippen LogP contribution in [-0.2, 0) is 24.2 Å². The first-order valence-corrected chi connectivity index (χ1v) is 10.1. The molecule has 0 radical (unpaired) electrons. The van der Waals surface area contributed by atoms with Gasteiger partial charge in [-0.2, -0.15) is 0 Å². The Balaban J connectivity index is 1.69. The van der Waals surface area contributed by atoms with Crippen molar-refractivity contribution in [3.63, 3.8) is 0 Å². The number of hydrogen-bond acceptors (Lipinski definition) is 5. The third kappa shape index (κ3) is 3.59. The van der Waals surface area contributed by atoms with Gasteiger partial charge in [0.05, 0.1) is 39.0 Å². The number of aryl methyl sites for hydroxylation is 1. The molecule has 1 aromatic heterocycles. The molecule has 156 valence electrons. The fraction of sp³-hybridized carbons (Fsp3) is 0.333. The van der Waals surface area contributed by atoms with Crippen molar-refractivity contribution in [2.24, 2.45) is 0 Å². The first-order valence-electron chi connectivity index (χ1n) is 10.1. The average Bonchev–Trinajstić information content (AvgIpc) is 2.77. The van der Waals surface area contributed by atoms with E-state index in [0.717, 1.165) is 53.2 Å². The van der Waals surface area contributed by atoms with Crippen LogP contribution in [0.5, 0.6) is 11.5 Å². The topological polar surface area (TPSA) is 62.1 Å². The number of carbonyl (C=O) groups is 1. The Hall–Kier alpha value is -3.12. The number of hydrogen-bond donors (Lipinski definition) is 1. The summed E-state index contributed by atoms with van der Waals surface area (Å²) in [4.78, 5) is 18.8. The summed E-state index contributed by atoms with van der Waals surface area (Å²) in [5.74, 6) is 1.18. The van der Waals surface area contributed by atoms with Gasteiger partial charge in [0.2, 0.25) is 0 Å². The predicted molar refractivity (Wildman–Crippen MR) is 114 cm³/mol. The second kappa shape index (κ2) is 8.32. The van der Waals surface area contributed by atoms with E-state index >= 15 is 0 Å². The van der Waals surface area contributed by atoms with E-state index in [0.29, 0.717) is 12.1 Å². The first kappa shape index (κ1) is 20.2. The normalized spacial score (nSPS) is 15.5. The van der Waals surface area contributed by atoms with Gasteiger partial charge in [0.1, 0.15) is 18.8 Å². The molecule has 1 aliphatic rings. The average molecular weight is 407 g/mol. The number of ether oxygens (including phenoxy) is 3. The summed E-state index contributed by atoms with van der Waals surface area (Å²) in [6.07, 6.45) is 0.936. The van der Waals surface area contributed by atoms with Crippen LogP contribution in [0.1, 0.15) is 32.7 Å². The zero-order valence-corrected chi connectivity index (χ0v) is 17.9. The second-order valence-corrected chi connectivity index (χ2v) is 7.65. The lowest BCUT2D eigenvalue weighted by Crippen LogP contribution is -3.10.